The van der Waals surface area contributed by atoms with Gasteiger partial charge in [0, 0.05) is 22.8 Å². The Morgan fingerprint density at radius 3 is 2.94 bits per heavy atom. The SMILES string of the molecule is CNCCc1nc(N)nc2ccc(Br)cc12. The van der Waals surface area contributed by atoms with E-state index in [-0.39, 0.29) is 0 Å². The number of nitrogens with one attached hydrogen (secondary N) is 1. The molecule has 0 spiro atoms. The van der Waals surface area contributed by atoms with Gasteiger partial charge in [-0.25, -0.2) is 9.97 Å². The van der Waals surface area contributed by atoms with Gasteiger partial charge in [-0.15, -0.1) is 0 Å². The first-order valence-corrected chi connectivity index (χ1v) is 5.86. The number of fused-ring (bicyclic) bond motifs is 1. The number of nitrogen functional groups attached to an aromatic ring is 1. The van der Waals surface area contributed by atoms with E-state index >= 15 is 0 Å². The molecule has 0 saturated heterocycles. The van der Waals surface area contributed by atoms with Crippen LogP contribution in [0.5, 0.6) is 0 Å². The molecular formula is C11H13BrN4. The maximum atomic E-state index is 5.68. The number of likely N-dealkylation sites (N-methyl/N-ethyl adjacent to an activating group) is 1. The monoisotopic (exact) mass is 280 g/mol. The van der Waals surface area contributed by atoms with Crippen molar-refractivity contribution in [2.24, 2.45) is 0 Å². The first-order chi connectivity index (χ1) is 7.70. The first-order valence-electron chi connectivity index (χ1n) is 5.07. The van der Waals surface area contributed by atoms with Gasteiger partial charge in [-0.1, -0.05) is 15.9 Å². The summed E-state index contributed by atoms with van der Waals surface area (Å²) in [4.78, 5) is 8.50. The molecule has 1 heterocycles. The third-order valence-corrected chi connectivity index (χ3v) is 2.86. The minimum Gasteiger partial charge on any atom is -0.368 e. The van der Waals surface area contributed by atoms with Gasteiger partial charge in [0.1, 0.15) is 0 Å². The van der Waals surface area contributed by atoms with Gasteiger partial charge in [-0.3, -0.25) is 0 Å². The third-order valence-electron chi connectivity index (χ3n) is 2.37. The second-order valence-corrected chi connectivity index (χ2v) is 4.46. The van der Waals surface area contributed by atoms with Crippen LogP contribution in [-0.2, 0) is 6.42 Å². The molecule has 84 valence electrons. The minimum atomic E-state index is 0.334. The number of nitrogens with two attached hydrogens (primary N) is 1. The standard InChI is InChI=1S/C11H13BrN4/c1-14-5-4-10-8-6-7(12)2-3-9(8)15-11(13)16-10/h2-3,6,14H,4-5H2,1H3,(H2,13,15,16). The Labute approximate surface area is 102 Å². The highest BCUT2D eigenvalue weighted by Gasteiger charge is 2.06. The van der Waals surface area contributed by atoms with Crippen molar-refractivity contribution in [3.05, 3.63) is 28.4 Å². The van der Waals surface area contributed by atoms with E-state index in [1.807, 2.05) is 25.2 Å². The lowest BCUT2D eigenvalue weighted by Gasteiger charge is -2.06. The van der Waals surface area contributed by atoms with Crippen LogP contribution in [0.4, 0.5) is 5.95 Å². The molecule has 0 aliphatic rings. The van der Waals surface area contributed by atoms with E-state index in [1.165, 1.54) is 0 Å². The second-order valence-electron chi connectivity index (χ2n) is 3.54. The fourth-order valence-electron chi connectivity index (χ4n) is 1.62. The van der Waals surface area contributed by atoms with Gasteiger partial charge in [0.15, 0.2) is 0 Å². The van der Waals surface area contributed by atoms with Gasteiger partial charge >= 0.3 is 0 Å². The smallest absolute Gasteiger partial charge is 0.220 e. The summed E-state index contributed by atoms with van der Waals surface area (Å²) in [6.45, 7) is 0.873. The minimum absolute atomic E-state index is 0.334. The van der Waals surface area contributed by atoms with Gasteiger partial charge in [-0.05, 0) is 25.2 Å². The number of halogens is 1. The van der Waals surface area contributed by atoms with Gasteiger partial charge in [-0.2, -0.15) is 0 Å². The molecule has 0 unspecified atom stereocenters. The van der Waals surface area contributed by atoms with E-state index < -0.39 is 0 Å². The third kappa shape index (κ3) is 2.31. The van der Waals surface area contributed by atoms with E-state index in [0.717, 1.165) is 34.0 Å². The molecule has 0 amide bonds. The van der Waals surface area contributed by atoms with Crippen LogP contribution in [0.3, 0.4) is 0 Å². The first kappa shape index (κ1) is 11.3. The summed E-state index contributed by atoms with van der Waals surface area (Å²) in [5.41, 5.74) is 7.56. The molecule has 0 atom stereocenters. The van der Waals surface area contributed by atoms with Crippen LogP contribution in [0.2, 0.25) is 0 Å². The molecule has 0 saturated carbocycles. The molecule has 16 heavy (non-hydrogen) atoms. The van der Waals surface area contributed by atoms with E-state index in [4.69, 9.17) is 5.73 Å². The Balaban J connectivity index is 2.55. The van der Waals surface area contributed by atoms with Crippen molar-refractivity contribution in [2.75, 3.05) is 19.3 Å². The van der Waals surface area contributed by atoms with Gasteiger partial charge < -0.3 is 11.1 Å². The maximum absolute atomic E-state index is 5.68. The van der Waals surface area contributed by atoms with Gasteiger partial charge in [0.05, 0.1) is 11.2 Å². The molecule has 1 aromatic heterocycles. The summed E-state index contributed by atoms with van der Waals surface area (Å²) in [5.74, 6) is 0.334. The van der Waals surface area contributed by atoms with E-state index in [2.05, 4.69) is 31.2 Å². The Kier molecular flexibility index (Phi) is 3.36. The molecule has 2 aromatic rings. The number of hydrogen-bond acceptors (Lipinski definition) is 4. The lowest BCUT2D eigenvalue weighted by molar-refractivity contribution is 0.780. The molecule has 3 N–H and O–H groups in total. The summed E-state index contributed by atoms with van der Waals surface area (Å²) in [5, 5.41) is 4.16. The summed E-state index contributed by atoms with van der Waals surface area (Å²) in [7, 11) is 1.92. The maximum Gasteiger partial charge on any atom is 0.220 e. The van der Waals surface area contributed by atoms with E-state index in [1.54, 1.807) is 0 Å². The van der Waals surface area contributed by atoms with E-state index in [9.17, 15) is 0 Å². The fourth-order valence-corrected chi connectivity index (χ4v) is 1.98. The Hall–Kier alpha value is -1.20. The van der Waals surface area contributed by atoms with Crippen LogP contribution in [0.1, 0.15) is 5.69 Å². The summed E-state index contributed by atoms with van der Waals surface area (Å²) < 4.78 is 1.03. The molecule has 0 aliphatic heterocycles. The van der Waals surface area contributed by atoms with Crippen molar-refractivity contribution in [1.82, 2.24) is 15.3 Å². The highest BCUT2D eigenvalue weighted by molar-refractivity contribution is 9.10. The van der Waals surface area contributed by atoms with Crippen molar-refractivity contribution in [2.45, 2.75) is 6.42 Å². The van der Waals surface area contributed by atoms with Gasteiger partial charge in [0.2, 0.25) is 5.95 Å². The molecule has 2 rings (SSSR count). The van der Waals surface area contributed by atoms with Crippen LogP contribution < -0.4 is 11.1 Å². The van der Waals surface area contributed by atoms with Gasteiger partial charge in [0.25, 0.3) is 0 Å². The van der Waals surface area contributed by atoms with Crippen LogP contribution in [0, 0.1) is 0 Å². The molecule has 4 nitrogen and oxygen atoms in total. The number of aromatic nitrogens is 2. The summed E-state index contributed by atoms with van der Waals surface area (Å²) in [6.07, 6.45) is 0.843. The largest absolute Gasteiger partial charge is 0.368 e. The van der Waals surface area contributed by atoms with Crippen molar-refractivity contribution in [1.29, 1.82) is 0 Å². The van der Waals surface area contributed by atoms with Crippen molar-refractivity contribution in [3.63, 3.8) is 0 Å². The van der Waals surface area contributed by atoms with Crippen molar-refractivity contribution < 1.29 is 0 Å². The fraction of sp³-hybridized carbons (Fsp3) is 0.273. The Bertz CT molecular complexity index is 513. The predicted molar refractivity (Wildman–Crippen MR) is 69.3 cm³/mol. The van der Waals surface area contributed by atoms with Crippen molar-refractivity contribution in [3.8, 4) is 0 Å². The normalized spacial score (nSPS) is 10.9. The Morgan fingerprint density at radius 2 is 2.19 bits per heavy atom. The average Bonchev–Trinajstić information content (AvgIpc) is 2.26. The van der Waals surface area contributed by atoms with Crippen LogP contribution >= 0.6 is 15.9 Å². The zero-order valence-corrected chi connectivity index (χ0v) is 10.6. The molecule has 0 bridgehead atoms. The molecule has 5 heteroatoms. The lowest BCUT2D eigenvalue weighted by atomic mass is 10.1. The molecule has 0 aliphatic carbocycles. The summed E-state index contributed by atoms with van der Waals surface area (Å²) in [6, 6.07) is 5.93. The van der Waals surface area contributed by atoms with Crippen molar-refractivity contribution >= 4 is 32.8 Å². The number of rotatable bonds is 3. The zero-order chi connectivity index (χ0) is 11.5. The number of benzene rings is 1. The molecule has 0 radical (unpaired) electrons. The second kappa shape index (κ2) is 4.76. The lowest BCUT2D eigenvalue weighted by Crippen LogP contribution is -2.12. The van der Waals surface area contributed by atoms with E-state index in [0.29, 0.717) is 5.95 Å². The average molecular weight is 281 g/mol. The zero-order valence-electron chi connectivity index (χ0n) is 9.00. The van der Waals surface area contributed by atoms with Crippen LogP contribution in [-0.4, -0.2) is 23.6 Å². The Morgan fingerprint density at radius 1 is 1.38 bits per heavy atom. The molecule has 0 fully saturated rings. The number of nitrogens with zero attached hydrogens (tertiary/aromatic N) is 2. The molecule has 1 aromatic carbocycles. The number of anilines is 1. The highest BCUT2D eigenvalue weighted by Crippen LogP contribution is 2.21. The predicted octanol–water partition coefficient (Wildman–Crippen LogP) is 1.74. The molecular weight excluding hydrogens is 268 g/mol. The van der Waals surface area contributed by atoms with Crippen LogP contribution in [0.25, 0.3) is 10.9 Å². The highest BCUT2D eigenvalue weighted by atomic mass is 79.9. The quantitative estimate of drug-likeness (QED) is 0.899. The summed E-state index contributed by atoms with van der Waals surface area (Å²) >= 11 is 3.45. The topological polar surface area (TPSA) is 63.8 Å². The number of hydrogen-bond donors (Lipinski definition) is 2. The van der Waals surface area contributed by atoms with Crippen LogP contribution in [0.15, 0.2) is 22.7 Å².